The molecule has 7 heteroatoms. The minimum absolute atomic E-state index is 0. The molecule has 0 bridgehead atoms. The number of hydrogen-bond donors (Lipinski definition) is 2. The normalized spacial score (nSPS) is 20.6. The van der Waals surface area contributed by atoms with Gasteiger partial charge in [-0.1, -0.05) is 0 Å². The largest absolute Gasteiger partial charge is 0.395 e. The van der Waals surface area contributed by atoms with E-state index in [-0.39, 0.29) is 30.2 Å². The molecule has 1 unspecified atom stereocenters. The molecule has 0 spiro atoms. The third-order valence-electron chi connectivity index (χ3n) is 2.58. The summed E-state index contributed by atoms with van der Waals surface area (Å²) in [5.41, 5.74) is 6.10. The first-order valence-electron chi connectivity index (χ1n) is 4.39. The number of rotatable bonds is 0. The van der Waals surface area contributed by atoms with Crippen molar-refractivity contribution in [1.29, 1.82) is 0 Å². The van der Waals surface area contributed by atoms with Crippen molar-refractivity contribution >= 4 is 18.2 Å². The molecule has 2 rings (SSSR count). The summed E-state index contributed by atoms with van der Waals surface area (Å²) in [7, 11) is 0. The number of H-pyrrole nitrogens is 1. The van der Waals surface area contributed by atoms with Crippen molar-refractivity contribution in [2.24, 2.45) is 0 Å². The first kappa shape index (κ1) is 12.2. The molecular formula is C8H11ClF3N3. The van der Waals surface area contributed by atoms with E-state index in [1.807, 2.05) is 0 Å². The highest BCUT2D eigenvalue weighted by atomic mass is 35.5. The lowest BCUT2D eigenvalue weighted by atomic mass is 9.86. The number of anilines is 1. The fourth-order valence-electron chi connectivity index (χ4n) is 1.94. The maximum absolute atomic E-state index is 12.6. The molecule has 1 aromatic rings. The SMILES string of the molecule is Cl.Nc1n[nH]c2c1C(C(F)(F)F)CCC2. The number of nitrogens with one attached hydrogen (secondary N) is 1. The predicted octanol–water partition coefficient (Wildman–Crippen LogP) is 2.40. The molecule has 15 heavy (non-hydrogen) atoms. The van der Waals surface area contributed by atoms with E-state index < -0.39 is 12.1 Å². The number of fused-ring (bicyclic) bond motifs is 1. The van der Waals surface area contributed by atoms with Crippen LogP contribution in [-0.4, -0.2) is 16.4 Å². The number of aromatic amines is 1. The smallest absolute Gasteiger partial charge is 0.382 e. The van der Waals surface area contributed by atoms with Crippen molar-refractivity contribution in [3.8, 4) is 0 Å². The van der Waals surface area contributed by atoms with E-state index in [4.69, 9.17) is 5.73 Å². The maximum atomic E-state index is 12.6. The molecule has 0 saturated carbocycles. The number of nitrogens with two attached hydrogens (primary N) is 1. The lowest BCUT2D eigenvalue weighted by Gasteiger charge is -2.24. The molecule has 0 aromatic carbocycles. The minimum atomic E-state index is -4.22. The van der Waals surface area contributed by atoms with Crippen LogP contribution in [0.5, 0.6) is 0 Å². The summed E-state index contributed by atoms with van der Waals surface area (Å²) < 4.78 is 37.7. The van der Waals surface area contributed by atoms with Crippen LogP contribution in [0.1, 0.15) is 30.0 Å². The molecule has 0 amide bonds. The minimum Gasteiger partial charge on any atom is -0.382 e. The quantitative estimate of drug-likeness (QED) is 0.733. The van der Waals surface area contributed by atoms with Gasteiger partial charge in [-0.15, -0.1) is 12.4 Å². The molecule has 3 N–H and O–H groups in total. The average Bonchev–Trinajstić information content (AvgIpc) is 2.46. The average molecular weight is 242 g/mol. The number of aromatic nitrogens is 2. The monoisotopic (exact) mass is 241 g/mol. The molecule has 0 fully saturated rings. The van der Waals surface area contributed by atoms with Gasteiger partial charge in [0.2, 0.25) is 0 Å². The number of halogens is 4. The lowest BCUT2D eigenvalue weighted by molar-refractivity contribution is -0.153. The van der Waals surface area contributed by atoms with Crippen LogP contribution >= 0.6 is 12.4 Å². The van der Waals surface area contributed by atoms with E-state index in [1.165, 1.54) is 0 Å². The number of nitrogens with zero attached hydrogens (tertiary/aromatic N) is 1. The van der Waals surface area contributed by atoms with Crippen LogP contribution in [0.15, 0.2) is 0 Å². The second-order valence-electron chi connectivity index (χ2n) is 3.49. The number of nitrogen functional groups attached to an aromatic ring is 1. The Morgan fingerprint density at radius 2 is 2.07 bits per heavy atom. The Morgan fingerprint density at radius 1 is 1.40 bits per heavy atom. The zero-order chi connectivity index (χ0) is 10.3. The van der Waals surface area contributed by atoms with Gasteiger partial charge in [-0.2, -0.15) is 18.3 Å². The van der Waals surface area contributed by atoms with E-state index >= 15 is 0 Å². The van der Waals surface area contributed by atoms with Crippen molar-refractivity contribution in [2.75, 3.05) is 5.73 Å². The Morgan fingerprint density at radius 3 is 2.67 bits per heavy atom. The summed E-state index contributed by atoms with van der Waals surface area (Å²) in [6, 6.07) is 0. The predicted molar refractivity (Wildman–Crippen MR) is 52.0 cm³/mol. The maximum Gasteiger partial charge on any atom is 0.395 e. The van der Waals surface area contributed by atoms with E-state index in [1.54, 1.807) is 0 Å². The second kappa shape index (κ2) is 3.92. The highest BCUT2D eigenvalue weighted by molar-refractivity contribution is 5.85. The second-order valence-corrected chi connectivity index (χ2v) is 3.49. The highest BCUT2D eigenvalue weighted by Crippen LogP contribution is 2.44. The molecule has 0 radical (unpaired) electrons. The Hall–Kier alpha value is -0.910. The van der Waals surface area contributed by atoms with Crippen LogP contribution in [0.4, 0.5) is 19.0 Å². The first-order chi connectivity index (χ1) is 6.50. The summed E-state index contributed by atoms with van der Waals surface area (Å²) in [6.07, 6.45) is -2.97. The van der Waals surface area contributed by atoms with Crippen LogP contribution in [0, 0.1) is 0 Å². The fourth-order valence-corrected chi connectivity index (χ4v) is 1.94. The number of aryl methyl sites for hydroxylation is 1. The van der Waals surface area contributed by atoms with Crippen LogP contribution in [-0.2, 0) is 6.42 Å². The molecule has 1 aliphatic carbocycles. The van der Waals surface area contributed by atoms with Crippen molar-refractivity contribution in [3.05, 3.63) is 11.3 Å². The van der Waals surface area contributed by atoms with Gasteiger partial charge in [0.1, 0.15) is 5.82 Å². The van der Waals surface area contributed by atoms with Gasteiger partial charge in [0.05, 0.1) is 5.92 Å². The van der Waals surface area contributed by atoms with Gasteiger partial charge in [-0.3, -0.25) is 5.10 Å². The third-order valence-corrected chi connectivity index (χ3v) is 2.58. The number of alkyl halides is 3. The highest BCUT2D eigenvalue weighted by Gasteiger charge is 2.44. The van der Waals surface area contributed by atoms with E-state index in [2.05, 4.69) is 10.2 Å². The Bertz CT molecular complexity index is 347. The van der Waals surface area contributed by atoms with Crippen LogP contribution in [0.25, 0.3) is 0 Å². The summed E-state index contributed by atoms with van der Waals surface area (Å²) in [6.45, 7) is 0. The van der Waals surface area contributed by atoms with E-state index in [0.717, 1.165) is 0 Å². The molecule has 3 nitrogen and oxygen atoms in total. The first-order valence-corrected chi connectivity index (χ1v) is 4.39. The van der Waals surface area contributed by atoms with Crippen molar-refractivity contribution in [1.82, 2.24) is 10.2 Å². The van der Waals surface area contributed by atoms with Gasteiger partial charge in [0, 0.05) is 11.3 Å². The Kier molecular flexibility index (Phi) is 3.18. The van der Waals surface area contributed by atoms with Gasteiger partial charge in [-0.05, 0) is 19.3 Å². The molecule has 1 heterocycles. The summed E-state index contributed by atoms with van der Waals surface area (Å²) in [4.78, 5) is 0. The van der Waals surface area contributed by atoms with Gasteiger partial charge in [0.15, 0.2) is 0 Å². The number of hydrogen-bond acceptors (Lipinski definition) is 2. The fraction of sp³-hybridized carbons (Fsp3) is 0.625. The van der Waals surface area contributed by atoms with Crippen molar-refractivity contribution in [3.63, 3.8) is 0 Å². The van der Waals surface area contributed by atoms with Crippen LogP contribution in [0.2, 0.25) is 0 Å². The van der Waals surface area contributed by atoms with Gasteiger partial charge in [0.25, 0.3) is 0 Å². The molecule has 1 atom stereocenters. The van der Waals surface area contributed by atoms with Gasteiger partial charge in [-0.25, -0.2) is 0 Å². The molecule has 0 aliphatic heterocycles. The zero-order valence-corrected chi connectivity index (χ0v) is 8.58. The molecule has 1 aliphatic rings. The van der Waals surface area contributed by atoms with Crippen molar-refractivity contribution < 1.29 is 13.2 Å². The van der Waals surface area contributed by atoms with Gasteiger partial charge >= 0.3 is 6.18 Å². The topological polar surface area (TPSA) is 54.7 Å². The Labute approximate surface area is 90.6 Å². The molecular weight excluding hydrogens is 231 g/mol. The Balaban J connectivity index is 0.00000112. The lowest BCUT2D eigenvalue weighted by Crippen LogP contribution is -2.25. The summed E-state index contributed by atoms with van der Waals surface area (Å²) in [5.74, 6) is -1.45. The standard InChI is InChI=1S/C8H10F3N3.ClH/c9-8(10,11)4-2-1-3-5-6(4)7(12)14-13-5;/h4H,1-3H2,(H3,12,13,14);1H. The molecule has 0 saturated heterocycles. The van der Waals surface area contributed by atoms with Crippen molar-refractivity contribution in [2.45, 2.75) is 31.4 Å². The molecule has 1 aromatic heterocycles. The third kappa shape index (κ3) is 2.04. The summed E-state index contributed by atoms with van der Waals surface area (Å²) in [5, 5.41) is 6.17. The van der Waals surface area contributed by atoms with E-state index in [9.17, 15) is 13.2 Å². The van der Waals surface area contributed by atoms with Gasteiger partial charge < -0.3 is 5.73 Å². The zero-order valence-electron chi connectivity index (χ0n) is 7.77. The van der Waals surface area contributed by atoms with Crippen LogP contribution in [0.3, 0.4) is 0 Å². The van der Waals surface area contributed by atoms with Crippen LogP contribution < -0.4 is 5.73 Å². The van der Waals surface area contributed by atoms with E-state index in [0.29, 0.717) is 18.5 Å². The summed E-state index contributed by atoms with van der Waals surface area (Å²) >= 11 is 0. The molecule has 86 valence electrons.